The quantitative estimate of drug-likeness (QED) is 0.537. The van der Waals surface area contributed by atoms with E-state index in [0.717, 1.165) is 0 Å². The Morgan fingerprint density at radius 1 is 1.25 bits per heavy atom. The molecule has 0 amide bonds. The maximum atomic E-state index is 12.3. The van der Waals surface area contributed by atoms with Crippen LogP contribution in [0.15, 0.2) is 18.2 Å². The van der Waals surface area contributed by atoms with E-state index in [0.29, 0.717) is 16.3 Å². The highest BCUT2D eigenvalue weighted by Gasteiger charge is 2.39. The summed E-state index contributed by atoms with van der Waals surface area (Å²) < 4.78 is 6.28. The summed E-state index contributed by atoms with van der Waals surface area (Å²) >= 11 is 6.03. The summed E-state index contributed by atoms with van der Waals surface area (Å²) in [4.78, 5) is 12.3. The fourth-order valence-corrected chi connectivity index (χ4v) is 2.73. The molecular formula is C16H25ClO2Si. The zero-order chi connectivity index (χ0) is 15.7. The van der Waals surface area contributed by atoms with Crippen molar-refractivity contribution in [2.45, 2.75) is 52.8 Å². The van der Waals surface area contributed by atoms with Crippen molar-refractivity contribution in [3.63, 3.8) is 0 Å². The lowest BCUT2D eigenvalue weighted by atomic mass is 10.0. The number of halogens is 1. The van der Waals surface area contributed by atoms with E-state index in [-0.39, 0.29) is 16.7 Å². The summed E-state index contributed by atoms with van der Waals surface area (Å²) in [5.74, 6) is 0.663. The fraction of sp³-hybridized carbons (Fsp3) is 0.562. The maximum absolute atomic E-state index is 12.3. The molecule has 0 aromatic heterocycles. The van der Waals surface area contributed by atoms with E-state index >= 15 is 0 Å². The Hall–Kier alpha value is -0.803. The summed E-state index contributed by atoms with van der Waals surface area (Å²) in [6, 6.07) is 5.31. The molecule has 0 aliphatic rings. The third-order valence-corrected chi connectivity index (χ3v) is 8.48. The smallest absolute Gasteiger partial charge is 0.250 e. The van der Waals surface area contributed by atoms with E-state index in [2.05, 4.69) is 33.9 Å². The van der Waals surface area contributed by atoms with Crippen LogP contribution in [0.4, 0.5) is 0 Å². The average Bonchev–Trinajstić information content (AvgIpc) is 2.28. The first kappa shape index (κ1) is 17.2. The second kappa shape index (κ2) is 5.90. The maximum Gasteiger partial charge on any atom is 0.250 e. The molecule has 0 atom stereocenters. The minimum absolute atomic E-state index is 0.0706. The minimum Gasteiger partial charge on any atom is -0.543 e. The lowest BCUT2D eigenvalue weighted by molar-refractivity contribution is 0.0937. The van der Waals surface area contributed by atoms with Gasteiger partial charge in [0.2, 0.25) is 0 Å². The van der Waals surface area contributed by atoms with Gasteiger partial charge in [-0.25, -0.2) is 0 Å². The molecule has 1 rings (SSSR count). The Labute approximate surface area is 128 Å². The molecule has 0 saturated carbocycles. The number of carbonyl (C=O) groups is 1. The monoisotopic (exact) mass is 312 g/mol. The van der Waals surface area contributed by atoms with Crippen molar-refractivity contribution in [1.29, 1.82) is 0 Å². The standard InChI is InChI=1S/C16H25ClO2Si/c1-11(2)15(18)13-10-12(17)8-9-14(13)19-20(6,7)16(3,4)5/h8-11H,1-7H3. The largest absolute Gasteiger partial charge is 0.543 e. The molecule has 0 heterocycles. The van der Waals surface area contributed by atoms with Crippen LogP contribution in [-0.4, -0.2) is 14.1 Å². The van der Waals surface area contributed by atoms with Gasteiger partial charge in [0, 0.05) is 10.9 Å². The Kier molecular flexibility index (Phi) is 5.09. The summed E-state index contributed by atoms with van der Waals surface area (Å²) in [5.41, 5.74) is 0.595. The van der Waals surface area contributed by atoms with Crippen LogP contribution < -0.4 is 4.43 Å². The van der Waals surface area contributed by atoms with Gasteiger partial charge in [0.25, 0.3) is 8.32 Å². The van der Waals surface area contributed by atoms with Gasteiger partial charge in [0.05, 0.1) is 5.56 Å². The first-order valence-electron chi connectivity index (χ1n) is 6.98. The molecule has 1 aromatic rings. The van der Waals surface area contributed by atoms with E-state index < -0.39 is 8.32 Å². The topological polar surface area (TPSA) is 26.3 Å². The molecule has 0 spiro atoms. The van der Waals surface area contributed by atoms with Gasteiger partial charge in [-0.3, -0.25) is 4.79 Å². The van der Waals surface area contributed by atoms with Crippen LogP contribution in [0.25, 0.3) is 0 Å². The van der Waals surface area contributed by atoms with Gasteiger partial charge in [-0.2, -0.15) is 0 Å². The lowest BCUT2D eigenvalue weighted by Gasteiger charge is -2.37. The Bertz CT molecular complexity index is 502. The molecule has 0 fully saturated rings. The van der Waals surface area contributed by atoms with E-state index in [1.807, 2.05) is 19.9 Å². The number of carbonyl (C=O) groups excluding carboxylic acids is 1. The molecule has 0 bridgehead atoms. The number of ketones is 1. The summed E-state index contributed by atoms with van der Waals surface area (Å²) in [6.45, 7) is 14.7. The van der Waals surface area contributed by atoms with Gasteiger partial charge in [0.15, 0.2) is 5.78 Å². The van der Waals surface area contributed by atoms with Gasteiger partial charge in [-0.1, -0.05) is 46.2 Å². The van der Waals surface area contributed by atoms with Crippen LogP contribution in [0.2, 0.25) is 23.2 Å². The van der Waals surface area contributed by atoms with Crippen LogP contribution in [0.3, 0.4) is 0 Å². The molecule has 2 nitrogen and oxygen atoms in total. The second-order valence-corrected chi connectivity index (χ2v) is 12.2. The Morgan fingerprint density at radius 3 is 2.25 bits per heavy atom. The molecule has 0 radical (unpaired) electrons. The van der Waals surface area contributed by atoms with Crippen LogP contribution in [0.5, 0.6) is 5.75 Å². The number of benzene rings is 1. The zero-order valence-electron chi connectivity index (χ0n) is 13.5. The van der Waals surface area contributed by atoms with Crippen molar-refractivity contribution in [1.82, 2.24) is 0 Å². The average molecular weight is 313 g/mol. The van der Waals surface area contributed by atoms with Crippen molar-refractivity contribution in [2.75, 3.05) is 0 Å². The summed E-state index contributed by atoms with van der Waals surface area (Å²) in [5, 5.41) is 0.654. The number of hydrogen-bond donors (Lipinski definition) is 0. The van der Waals surface area contributed by atoms with Gasteiger partial charge < -0.3 is 4.43 Å². The van der Waals surface area contributed by atoms with E-state index in [1.54, 1.807) is 12.1 Å². The van der Waals surface area contributed by atoms with Crippen molar-refractivity contribution < 1.29 is 9.22 Å². The third kappa shape index (κ3) is 3.86. The first-order chi connectivity index (χ1) is 8.95. The van der Waals surface area contributed by atoms with Gasteiger partial charge in [0.1, 0.15) is 5.75 Å². The van der Waals surface area contributed by atoms with Crippen molar-refractivity contribution in [3.8, 4) is 5.75 Å². The molecule has 0 saturated heterocycles. The van der Waals surface area contributed by atoms with Gasteiger partial charge in [-0.05, 0) is 36.3 Å². The van der Waals surface area contributed by atoms with E-state index in [9.17, 15) is 4.79 Å². The molecule has 0 aliphatic carbocycles. The summed E-state index contributed by atoms with van der Waals surface area (Å²) in [7, 11) is -1.97. The van der Waals surface area contributed by atoms with Gasteiger partial charge >= 0.3 is 0 Å². The van der Waals surface area contributed by atoms with Crippen molar-refractivity contribution in [3.05, 3.63) is 28.8 Å². The van der Waals surface area contributed by atoms with Crippen molar-refractivity contribution in [2.24, 2.45) is 5.92 Å². The second-order valence-electron chi connectivity index (χ2n) is 7.02. The zero-order valence-corrected chi connectivity index (χ0v) is 15.3. The SMILES string of the molecule is CC(C)C(=O)c1cc(Cl)ccc1O[Si](C)(C)C(C)(C)C. The van der Waals surface area contributed by atoms with E-state index in [4.69, 9.17) is 16.0 Å². The predicted molar refractivity (Wildman–Crippen MR) is 88.4 cm³/mol. The van der Waals surface area contributed by atoms with Crippen LogP contribution in [0.1, 0.15) is 45.0 Å². The molecule has 0 unspecified atom stereocenters. The lowest BCUT2D eigenvalue weighted by Crippen LogP contribution is -2.44. The van der Waals surface area contributed by atoms with Gasteiger partial charge in [-0.15, -0.1) is 0 Å². The highest BCUT2D eigenvalue weighted by Crippen LogP contribution is 2.39. The van der Waals surface area contributed by atoms with Crippen LogP contribution >= 0.6 is 11.6 Å². The van der Waals surface area contributed by atoms with Crippen LogP contribution in [-0.2, 0) is 0 Å². The Morgan fingerprint density at radius 2 is 1.80 bits per heavy atom. The highest BCUT2D eigenvalue weighted by molar-refractivity contribution is 6.74. The number of Topliss-reactive ketones (excluding diaryl/α,β-unsaturated/α-hetero) is 1. The van der Waals surface area contributed by atoms with E-state index in [1.165, 1.54) is 0 Å². The molecule has 0 N–H and O–H groups in total. The normalized spacial score (nSPS) is 12.7. The minimum atomic E-state index is -1.97. The third-order valence-electron chi connectivity index (χ3n) is 3.90. The van der Waals surface area contributed by atoms with Crippen molar-refractivity contribution >= 4 is 25.7 Å². The first-order valence-corrected chi connectivity index (χ1v) is 10.3. The molecule has 20 heavy (non-hydrogen) atoms. The van der Waals surface area contributed by atoms with Crippen LogP contribution in [0, 0.1) is 5.92 Å². The predicted octanol–water partition coefficient (Wildman–Crippen LogP) is 5.56. The molecule has 112 valence electrons. The fourth-order valence-electron chi connectivity index (χ4n) is 1.52. The molecule has 1 aromatic carbocycles. The molecular weight excluding hydrogens is 288 g/mol. The molecule has 4 heteroatoms. The number of rotatable bonds is 4. The summed E-state index contributed by atoms with van der Waals surface area (Å²) in [6.07, 6.45) is 0. The molecule has 0 aliphatic heterocycles. The highest BCUT2D eigenvalue weighted by atomic mass is 35.5. The number of hydrogen-bond acceptors (Lipinski definition) is 2. The Balaban J connectivity index is 3.23.